The van der Waals surface area contributed by atoms with E-state index in [1.54, 1.807) is 6.20 Å². The summed E-state index contributed by atoms with van der Waals surface area (Å²) in [6.45, 7) is 1.45. The molecule has 2 heterocycles. The maximum absolute atomic E-state index is 13.8. The Hall–Kier alpha value is -1.42. The van der Waals surface area contributed by atoms with Gasteiger partial charge in [0.2, 0.25) is 0 Å². The van der Waals surface area contributed by atoms with Crippen LogP contribution in [0.1, 0.15) is 11.1 Å². The van der Waals surface area contributed by atoms with Crippen LogP contribution in [0, 0.1) is 5.82 Å². The lowest BCUT2D eigenvalue weighted by atomic mass is 10.1. The van der Waals surface area contributed by atoms with E-state index in [1.807, 2.05) is 17.0 Å². The van der Waals surface area contributed by atoms with Gasteiger partial charge in [-0.3, -0.25) is 0 Å². The Kier molecular flexibility index (Phi) is 2.59. The summed E-state index contributed by atoms with van der Waals surface area (Å²) in [5.41, 5.74) is 2.49. The Bertz CT molecular complexity index is 546. The lowest BCUT2D eigenvalue weighted by molar-refractivity contribution is 0.610. The Morgan fingerprint density at radius 3 is 2.41 bits per heavy atom. The largest absolute Gasteiger partial charge is 0.346 e. The lowest BCUT2D eigenvalue weighted by Gasteiger charge is -2.16. The number of anilines is 1. The second-order valence-corrected chi connectivity index (χ2v) is 5.00. The van der Waals surface area contributed by atoms with E-state index in [2.05, 4.69) is 33.0 Å². The van der Waals surface area contributed by atoms with E-state index in [-0.39, 0.29) is 5.82 Å². The SMILES string of the molecule is Fc1cc(Br)cnc1N1Cc2ccccc2C1. The number of hydrogen-bond acceptors (Lipinski definition) is 2. The van der Waals surface area contributed by atoms with E-state index >= 15 is 0 Å². The Morgan fingerprint density at radius 1 is 1.18 bits per heavy atom. The van der Waals surface area contributed by atoms with Gasteiger partial charge in [-0.15, -0.1) is 0 Å². The molecule has 0 radical (unpaired) electrons. The van der Waals surface area contributed by atoms with Gasteiger partial charge in [0.25, 0.3) is 0 Å². The molecule has 0 bridgehead atoms. The van der Waals surface area contributed by atoms with Crippen molar-refractivity contribution in [1.29, 1.82) is 0 Å². The molecule has 4 heteroatoms. The van der Waals surface area contributed by atoms with Crippen LogP contribution >= 0.6 is 15.9 Å². The lowest BCUT2D eigenvalue weighted by Crippen LogP contribution is -2.17. The summed E-state index contributed by atoms with van der Waals surface area (Å²) in [6.07, 6.45) is 1.63. The van der Waals surface area contributed by atoms with Crippen molar-refractivity contribution in [2.75, 3.05) is 4.90 Å². The summed E-state index contributed by atoms with van der Waals surface area (Å²) in [6, 6.07) is 9.62. The van der Waals surface area contributed by atoms with Crippen molar-refractivity contribution in [3.63, 3.8) is 0 Å². The van der Waals surface area contributed by atoms with Crippen LogP contribution in [0.4, 0.5) is 10.2 Å². The third-order valence-corrected chi connectivity index (χ3v) is 3.36. The molecule has 3 rings (SSSR count). The molecule has 0 atom stereocenters. The van der Waals surface area contributed by atoms with Crippen LogP contribution < -0.4 is 4.90 Å². The smallest absolute Gasteiger partial charge is 0.166 e. The summed E-state index contributed by atoms with van der Waals surface area (Å²) in [7, 11) is 0. The number of fused-ring (bicyclic) bond motifs is 1. The van der Waals surface area contributed by atoms with E-state index < -0.39 is 0 Å². The van der Waals surface area contributed by atoms with E-state index in [0.717, 1.165) is 13.1 Å². The molecule has 1 aromatic carbocycles. The van der Waals surface area contributed by atoms with Crippen molar-refractivity contribution < 1.29 is 4.39 Å². The van der Waals surface area contributed by atoms with Crippen molar-refractivity contribution >= 4 is 21.7 Å². The minimum absolute atomic E-state index is 0.285. The zero-order chi connectivity index (χ0) is 11.8. The first-order valence-electron chi connectivity index (χ1n) is 5.37. The van der Waals surface area contributed by atoms with Gasteiger partial charge in [0.05, 0.1) is 0 Å². The van der Waals surface area contributed by atoms with Crippen LogP contribution in [-0.2, 0) is 13.1 Å². The number of halogens is 2. The van der Waals surface area contributed by atoms with Crippen LogP contribution in [0.5, 0.6) is 0 Å². The zero-order valence-corrected chi connectivity index (χ0v) is 10.6. The van der Waals surface area contributed by atoms with Gasteiger partial charge in [-0.25, -0.2) is 9.37 Å². The van der Waals surface area contributed by atoms with Gasteiger partial charge in [-0.1, -0.05) is 24.3 Å². The average Bonchev–Trinajstić information content (AvgIpc) is 2.72. The fraction of sp³-hybridized carbons (Fsp3) is 0.154. The molecule has 0 saturated heterocycles. The van der Waals surface area contributed by atoms with Crippen molar-refractivity contribution in [2.45, 2.75) is 13.1 Å². The molecule has 1 aliphatic heterocycles. The number of aromatic nitrogens is 1. The first-order chi connectivity index (χ1) is 8.24. The van der Waals surface area contributed by atoms with Crippen LogP contribution in [0.15, 0.2) is 41.0 Å². The number of nitrogens with zero attached hydrogens (tertiary/aromatic N) is 2. The van der Waals surface area contributed by atoms with Crippen molar-refractivity contribution in [2.24, 2.45) is 0 Å². The van der Waals surface area contributed by atoms with E-state index in [1.165, 1.54) is 17.2 Å². The molecule has 0 aliphatic carbocycles. The first-order valence-corrected chi connectivity index (χ1v) is 6.16. The van der Waals surface area contributed by atoms with Gasteiger partial charge in [-0.2, -0.15) is 0 Å². The molecule has 17 heavy (non-hydrogen) atoms. The maximum Gasteiger partial charge on any atom is 0.166 e. The predicted molar refractivity (Wildman–Crippen MR) is 68.2 cm³/mol. The number of pyridine rings is 1. The molecule has 0 spiro atoms. The Labute approximate surface area is 107 Å². The molecule has 0 N–H and O–H groups in total. The molecule has 2 nitrogen and oxygen atoms in total. The van der Waals surface area contributed by atoms with Gasteiger partial charge in [0, 0.05) is 23.8 Å². The predicted octanol–water partition coefficient (Wildman–Crippen LogP) is 3.50. The summed E-state index contributed by atoms with van der Waals surface area (Å²) in [5.74, 6) is 0.136. The van der Waals surface area contributed by atoms with Crippen LogP contribution in [0.2, 0.25) is 0 Å². The van der Waals surface area contributed by atoms with Gasteiger partial charge >= 0.3 is 0 Å². The quantitative estimate of drug-likeness (QED) is 0.800. The van der Waals surface area contributed by atoms with Crippen LogP contribution in [0.3, 0.4) is 0 Å². The van der Waals surface area contributed by atoms with Gasteiger partial charge in [0.15, 0.2) is 11.6 Å². The van der Waals surface area contributed by atoms with E-state index in [0.29, 0.717) is 10.3 Å². The summed E-state index contributed by atoms with van der Waals surface area (Å²) < 4.78 is 14.5. The number of benzene rings is 1. The summed E-state index contributed by atoms with van der Waals surface area (Å²) >= 11 is 3.21. The van der Waals surface area contributed by atoms with Gasteiger partial charge in [0.1, 0.15) is 0 Å². The second-order valence-electron chi connectivity index (χ2n) is 4.08. The maximum atomic E-state index is 13.8. The fourth-order valence-electron chi connectivity index (χ4n) is 2.12. The summed E-state index contributed by atoms with van der Waals surface area (Å²) in [5, 5.41) is 0. The normalized spacial score (nSPS) is 13.9. The van der Waals surface area contributed by atoms with Crippen LogP contribution in [0.25, 0.3) is 0 Å². The monoisotopic (exact) mass is 292 g/mol. The molecule has 86 valence electrons. The Balaban J connectivity index is 1.94. The molecule has 1 aliphatic rings. The zero-order valence-electron chi connectivity index (χ0n) is 9.03. The number of hydrogen-bond donors (Lipinski definition) is 0. The highest BCUT2D eigenvalue weighted by molar-refractivity contribution is 9.10. The average molecular weight is 293 g/mol. The second kappa shape index (κ2) is 4.11. The molecule has 0 amide bonds. The first kappa shape index (κ1) is 10.7. The van der Waals surface area contributed by atoms with Crippen molar-refractivity contribution in [1.82, 2.24) is 4.98 Å². The molecule has 0 saturated carbocycles. The third-order valence-electron chi connectivity index (χ3n) is 2.93. The molecule has 2 aromatic rings. The minimum atomic E-state index is -0.285. The highest BCUT2D eigenvalue weighted by Crippen LogP contribution is 2.29. The standard InChI is InChI=1S/C13H10BrFN2/c14-11-5-12(15)13(16-6-11)17-7-9-3-1-2-4-10(9)8-17/h1-6H,7-8H2. The topological polar surface area (TPSA) is 16.1 Å². The summed E-state index contributed by atoms with van der Waals surface area (Å²) in [4.78, 5) is 6.10. The Morgan fingerprint density at radius 2 is 1.82 bits per heavy atom. The number of rotatable bonds is 1. The minimum Gasteiger partial charge on any atom is -0.346 e. The highest BCUT2D eigenvalue weighted by Gasteiger charge is 2.21. The molecular formula is C13H10BrFN2. The van der Waals surface area contributed by atoms with E-state index in [9.17, 15) is 4.39 Å². The van der Waals surface area contributed by atoms with Crippen molar-refractivity contribution in [3.8, 4) is 0 Å². The molecule has 1 aromatic heterocycles. The van der Waals surface area contributed by atoms with Gasteiger partial charge in [-0.05, 0) is 33.1 Å². The highest BCUT2D eigenvalue weighted by atomic mass is 79.9. The van der Waals surface area contributed by atoms with E-state index in [4.69, 9.17) is 0 Å². The molecular weight excluding hydrogens is 283 g/mol. The third kappa shape index (κ3) is 1.93. The van der Waals surface area contributed by atoms with Gasteiger partial charge < -0.3 is 4.90 Å². The van der Waals surface area contributed by atoms with Crippen LogP contribution in [-0.4, -0.2) is 4.98 Å². The van der Waals surface area contributed by atoms with Crippen molar-refractivity contribution in [3.05, 3.63) is 57.9 Å². The molecule has 0 fully saturated rings. The molecule has 0 unspecified atom stereocenters. The fourth-order valence-corrected chi connectivity index (χ4v) is 2.43.